The summed E-state index contributed by atoms with van der Waals surface area (Å²) in [4.78, 5) is 14.8. The van der Waals surface area contributed by atoms with Gasteiger partial charge >= 0.3 is 0 Å². The van der Waals surface area contributed by atoms with Gasteiger partial charge in [0.25, 0.3) is 5.91 Å². The highest BCUT2D eigenvalue weighted by Crippen LogP contribution is 2.22. The Morgan fingerprint density at radius 3 is 3.00 bits per heavy atom. The molecule has 0 bridgehead atoms. The number of H-pyrrole nitrogens is 1. The number of aromatic amines is 1. The van der Waals surface area contributed by atoms with Gasteiger partial charge in [-0.1, -0.05) is 0 Å². The van der Waals surface area contributed by atoms with Crippen molar-refractivity contribution in [3.05, 3.63) is 53.5 Å². The van der Waals surface area contributed by atoms with Crippen molar-refractivity contribution in [2.45, 2.75) is 12.6 Å². The molecule has 4 rings (SSSR count). The third-order valence-corrected chi connectivity index (χ3v) is 4.10. The van der Waals surface area contributed by atoms with Gasteiger partial charge in [0, 0.05) is 29.9 Å². The topological polar surface area (TPSA) is 71.9 Å². The Hall–Kier alpha value is -2.74. The van der Waals surface area contributed by atoms with E-state index in [4.69, 9.17) is 4.74 Å². The Bertz CT molecular complexity index is 914. The van der Waals surface area contributed by atoms with Gasteiger partial charge in [0.05, 0.1) is 36.5 Å². The molecule has 124 valence electrons. The summed E-state index contributed by atoms with van der Waals surface area (Å²) >= 11 is 0. The van der Waals surface area contributed by atoms with Gasteiger partial charge in [-0.3, -0.25) is 9.48 Å². The summed E-state index contributed by atoms with van der Waals surface area (Å²) in [5.74, 6) is -2.30. The third kappa shape index (κ3) is 2.44. The molecule has 2 aromatic heterocycles. The second-order valence-corrected chi connectivity index (χ2v) is 5.69. The molecule has 0 spiro atoms. The summed E-state index contributed by atoms with van der Waals surface area (Å²) in [5, 5.41) is 7.26. The van der Waals surface area contributed by atoms with Crippen LogP contribution >= 0.6 is 0 Å². The number of hydrogen-bond acceptors (Lipinski definition) is 3. The predicted octanol–water partition coefficient (Wildman–Crippen LogP) is 2.14. The van der Waals surface area contributed by atoms with Gasteiger partial charge in [0.2, 0.25) is 0 Å². The van der Waals surface area contributed by atoms with Gasteiger partial charge in [-0.15, -0.1) is 0 Å². The molecule has 0 unspecified atom stereocenters. The maximum atomic E-state index is 14.0. The second kappa shape index (κ2) is 5.72. The maximum Gasteiger partial charge on any atom is 0.254 e. The summed E-state index contributed by atoms with van der Waals surface area (Å²) in [6.45, 7) is 1.04. The average molecular weight is 332 g/mol. The SMILES string of the molecule is O=C(NCc1cc2cc[nH]c2c(F)c1F)c1cnn(C2COC2)c1. The van der Waals surface area contributed by atoms with E-state index in [1.54, 1.807) is 16.9 Å². The summed E-state index contributed by atoms with van der Waals surface area (Å²) in [6, 6.07) is 3.31. The van der Waals surface area contributed by atoms with E-state index < -0.39 is 17.5 Å². The molecular formula is C16H14F2N4O2. The molecule has 2 N–H and O–H groups in total. The van der Waals surface area contributed by atoms with Crippen LogP contribution in [0, 0.1) is 11.6 Å². The zero-order valence-corrected chi connectivity index (χ0v) is 12.6. The van der Waals surface area contributed by atoms with E-state index in [1.807, 2.05) is 0 Å². The van der Waals surface area contributed by atoms with Crippen molar-refractivity contribution in [3.63, 3.8) is 0 Å². The molecule has 1 amide bonds. The molecule has 0 atom stereocenters. The maximum absolute atomic E-state index is 14.0. The van der Waals surface area contributed by atoms with Gasteiger partial charge < -0.3 is 15.0 Å². The van der Waals surface area contributed by atoms with Crippen LogP contribution < -0.4 is 5.32 Å². The molecule has 0 saturated carbocycles. The Kier molecular flexibility index (Phi) is 3.53. The summed E-state index contributed by atoms with van der Waals surface area (Å²) in [6.07, 6.45) is 4.60. The minimum atomic E-state index is -0.965. The number of rotatable bonds is 4. The summed E-state index contributed by atoms with van der Waals surface area (Å²) in [7, 11) is 0. The van der Waals surface area contributed by atoms with Crippen molar-refractivity contribution in [1.29, 1.82) is 0 Å². The highest BCUT2D eigenvalue weighted by Gasteiger charge is 2.22. The lowest BCUT2D eigenvalue weighted by Crippen LogP contribution is -2.31. The van der Waals surface area contributed by atoms with E-state index in [0.29, 0.717) is 24.2 Å². The van der Waals surface area contributed by atoms with Crippen molar-refractivity contribution >= 4 is 16.8 Å². The second-order valence-electron chi connectivity index (χ2n) is 5.69. The van der Waals surface area contributed by atoms with Gasteiger partial charge in [-0.25, -0.2) is 8.78 Å². The van der Waals surface area contributed by atoms with Crippen LogP contribution in [0.2, 0.25) is 0 Å². The van der Waals surface area contributed by atoms with Crippen LogP contribution in [0.1, 0.15) is 22.0 Å². The smallest absolute Gasteiger partial charge is 0.254 e. The van der Waals surface area contributed by atoms with Crippen LogP contribution in [-0.2, 0) is 11.3 Å². The minimum Gasteiger partial charge on any atom is -0.377 e. The molecular weight excluding hydrogens is 318 g/mol. The highest BCUT2D eigenvalue weighted by atomic mass is 19.2. The lowest BCUT2D eigenvalue weighted by atomic mass is 10.1. The van der Waals surface area contributed by atoms with Crippen molar-refractivity contribution in [2.75, 3.05) is 13.2 Å². The third-order valence-electron chi connectivity index (χ3n) is 4.10. The van der Waals surface area contributed by atoms with E-state index >= 15 is 0 Å². The number of nitrogens with zero attached hydrogens (tertiary/aromatic N) is 2. The van der Waals surface area contributed by atoms with Gasteiger partial charge in [0.15, 0.2) is 11.6 Å². The quantitative estimate of drug-likeness (QED) is 0.769. The van der Waals surface area contributed by atoms with Gasteiger partial charge in [0.1, 0.15) is 0 Å². The van der Waals surface area contributed by atoms with E-state index in [2.05, 4.69) is 15.4 Å². The Labute approximate surface area is 135 Å². The normalized spacial score (nSPS) is 14.8. The molecule has 1 aliphatic rings. The van der Waals surface area contributed by atoms with E-state index in [0.717, 1.165) is 0 Å². The lowest BCUT2D eigenvalue weighted by Gasteiger charge is -2.25. The van der Waals surface area contributed by atoms with Crippen LogP contribution in [0.5, 0.6) is 0 Å². The average Bonchev–Trinajstić information content (AvgIpc) is 3.17. The molecule has 1 fully saturated rings. The van der Waals surface area contributed by atoms with Crippen molar-refractivity contribution in [1.82, 2.24) is 20.1 Å². The Morgan fingerprint density at radius 2 is 2.25 bits per heavy atom. The molecule has 3 heterocycles. The van der Waals surface area contributed by atoms with Crippen molar-refractivity contribution in [3.8, 4) is 0 Å². The molecule has 0 aliphatic carbocycles. The number of halogens is 2. The first-order chi connectivity index (χ1) is 11.6. The molecule has 8 heteroatoms. The van der Waals surface area contributed by atoms with Crippen molar-refractivity contribution < 1.29 is 18.3 Å². The number of amides is 1. The zero-order chi connectivity index (χ0) is 16.7. The first kappa shape index (κ1) is 14.8. The summed E-state index contributed by atoms with van der Waals surface area (Å²) in [5.41, 5.74) is 0.574. The van der Waals surface area contributed by atoms with Crippen LogP contribution in [-0.4, -0.2) is 33.9 Å². The number of hydrogen-bond donors (Lipinski definition) is 2. The first-order valence-corrected chi connectivity index (χ1v) is 7.47. The number of carbonyl (C=O) groups is 1. The summed E-state index contributed by atoms with van der Waals surface area (Å²) < 4.78 is 34.7. The lowest BCUT2D eigenvalue weighted by molar-refractivity contribution is -0.0286. The fourth-order valence-corrected chi connectivity index (χ4v) is 2.63. The van der Waals surface area contributed by atoms with Crippen molar-refractivity contribution in [2.24, 2.45) is 0 Å². The standard InChI is InChI=1S/C16H14F2N4O2/c17-13-10(3-9-1-2-19-15(9)14(13)18)4-20-16(23)11-5-21-22(6-11)12-7-24-8-12/h1-3,5-6,12,19H,4,7-8H2,(H,20,23). The number of nitrogens with one attached hydrogen (secondary N) is 2. The molecule has 6 nitrogen and oxygen atoms in total. The number of fused-ring (bicyclic) bond motifs is 1. The Morgan fingerprint density at radius 1 is 1.42 bits per heavy atom. The van der Waals surface area contributed by atoms with E-state index in [1.165, 1.54) is 18.5 Å². The van der Waals surface area contributed by atoms with Crippen LogP contribution in [0.4, 0.5) is 8.78 Å². The van der Waals surface area contributed by atoms with E-state index in [9.17, 15) is 13.6 Å². The molecule has 1 saturated heterocycles. The Balaban J connectivity index is 1.49. The minimum absolute atomic E-state index is 0.0905. The largest absolute Gasteiger partial charge is 0.377 e. The number of ether oxygens (including phenoxy) is 1. The molecule has 1 aliphatic heterocycles. The van der Waals surface area contributed by atoms with Gasteiger partial charge in [-0.05, 0) is 12.1 Å². The zero-order valence-electron chi connectivity index (χ0n) is 12.6. The predicted molar refractivity (Wildman–Crippen MR) is 81.5 cm³/mol. The van der Waals surface area contributed by atoms with Crippen LogP contribution in [0.3, 0.4) is 0 Å². The monoisotopic (exact) mass is 332 g/mol. The van der Waals surface area contributed by atoms with Crippen LogP contribution in [0.15, 0.2) is 30.7 Å². The molecule has 24 heavy (non-hydrogen) atoms. The van der Waals surface area contributed by atoms with Crippen LogP contribution in [0.25, 0.3) is 10.9 Å². The molecule has 3 aromatic rings. The molecule has 0 radical (unpaired) electrons. The van der Waals surface area contributed by atoms with E-state index in [-0.39, 0.29) is 23.7 Å². The number of aromatic nitrogens is 3. The fraction of sp³-hybridized carbons (Fsp3) is 0.250. The number of benzene rings is 1. The van der Waals surface area contributed by atoms with Gasteiger partial charge in [-0.2, -0.15) is 5.10 Å². The number of carbonyl (C=O) groups excluding carboxylic acids is 1. The first-order valence-electron chi connectivity index (χ1n) is 7.47. The fourth-order valence-electron chi connectivity index (χ4n) is 2.63. The highest BCUT2D eigenvalue weighted by molar-refractivity contribution is 5.93. The molecule has 1 aromatic carbocycles.